The van der Waals surface area contributed by atoms with Gasteiger partial charge in [-0.25, -0.2) is 0 Å². The third-order valence-electron chi connectivity index (χ3n) is 9.05. The van der Waals surface area contributed by atoms with Gasteiger partial charge in [-0.15, -0.1) is 0 Å². The number of ether oxygens (including phenoxy) is 3. The highest BCUT2D eigenvalue weighted by Crippen LogP contribution is 2.14. The van der Waals surface area contributed by atoms with E-state index in [4.69, 9.17) is 14.2 Å². The van der Waals surface area contributed by atoms with Crippen LogP contribution < -0.4 is 0 Å². The predicted octanol–water partition coefficient (Wildman–Crippen LogP) is 13.9. The van der Waals surface area contributed by atoms with E-state index in [2.05, 4.69) is 57.2 Å². The minimum Gasteiger partial charge on any atom is -0.462 e. The second-order valence-corrected chi connectivity index (χ2v) is 14.3. The van der Waals surface area contributed by atoms with Crippen molar-refractivity contribution in [2.24, 2.45) is 0 Å². The molecule has 6 heteroatoms. The van der Waals surface area contributed by atoms with Gasteiger partial charge < -0.3 is 14.2 Å². The quantitative estimate of drug-likeness (QED) is 0.0205. The summed E-state index contributed by atoms with van der Waals surface area (Å²) < 4.78 is 16.6. The average molecular weight is 753 g/mol. The Bertz CT molecular complexity index is 1050. The maximum atomic E-state index is 12.7. The van der Waals surface area contributed by atoms with Crippen molar-refractivity contribution in [2.75, 3.05) is 13.2 Å². The van der Waals surface area contributed by atoms with E-state index >= 15 is 0 Å². The maximum absolute atomic E-state index is 12.7. The van der Waals surface area contributed by atoms with Crippen molar-refractivity contribution in [3.05, 3.63) is 72.9 Å². The maximum Gasteiger partial charge on any atom is 0.306 e. The molecule has 0 fully saturated rings. The molecule has 0 N–H and O–H groups in total. The molecule has 0 saturated carbocycles. The van der Waals surface area contributed by atoms with E-state index in [0.717, 1.165) is 103 Å². The SMILES string of the molecule is CC\C=C/C=C\C=C/C=C\CCCCCC(=O)OCC(COC(=O)CCCCCCCCCCCCC)OC(=O)CCCCCCC/C=C\C/C=C\CC. The van der Waals surface area contributed by atoms with Crippen LogP contribution >= 0.6 is 0 Å². The molecule has 6 nitrogen and oxygen atoms in total. The van der Waals surface area contributed by atoms with E-state index in [1.54, 1.807) is 0 Å². The fraction of sp³-hybridized carbons (Fsp3) is 0.688. The van der Waals surface area contributed by atoms with Gasteiger partial charge in [-0.05, 0) is 64.2 Å². The Hall–Kier alpha value is -3.15. The van der Waals surface area contributed by atoms with Gasteiger partial charge in [0.15, 0.2) is 6.10 Å². The number of rotatable bonds is 38. The lowest BCUT2D eigenvalue weighted by Gasteiger charge is -2.18. The summed E-state index contributed by atoms with van der Waals surface area (Å²) in [6.45, 7) is 6.31. The first-order chi connectivity index (χ1) is 26.5. The number of esters is 3. The minimum atomic E-state index is -0.794. The predicted molar refractivity (Wildman–Crippen MR) is 228 cm³/mol. The van der Waals surface area contributed by atoms with E-state index in [0.29, 0.717) is 19.3 Å². The fourth-order valence-electron chi connectivity index (χ4n) is 5.78. The van der Waals surface area contributed by atoms with Crippen molar-refractivity contribution in [1.82, 2.24) is 0 Å². The van der Waals surface area contributed by atoms with Crippen LogP contribution in [0.4, 0.5) is 0 Å². The Balaban J connectivity index is 4.48. The molecule has 0 spiro atoms. The molecule has 54 heavy (non-hydrogen) atoms. The van der Waals surface area contributed by atoms with Gasteiger partial charge in [-0.1, -0.05) is 184 Å². The van der Waals surface area contributed by atoms with Crippen molar-refractivity contribution in [1.29, 1.82) is 0 Å². The summed E-state index contributed by atoms with van der Waals surface area (Å²) >= 11 is 0. The molecule has 0 rings (SSSR count). The smallest absolute Gasteiger partial charge is 0.306 e. The molecule has 0 aliphatic carbocycles. The van der Waals surface area contributed by atoms with Gasteiger partial charge in [-0.3, -0.25) is 14.4 Å². The summed E-state index contributed by atoms with van der Waals surface area (Å²) in [5.41, 5.74) is 0. The lowest BCUT2D eigenvalue weighted by molar-refractivity contribution is -0.167. The van der Waals surface area contributed by atoms with Gasteiger partial charge in [0.25, 0.3) is 0 Å². The highest BCUT2D eigenvalue weighted by molar-refractivity contribution is 5.71. The molecule has 0 radical (unpaired) electrons. The highest BCUT2D eigenvalue weighted by Gasteiger charge is 2.19. The van der Waals surface area contributed by atoms with Gasteiger partial charge in [0.2, 0.25) is 0 Å². The molecule has 0 bridgehead atoms. The molecular weight excluding hydrogens is 673 g/mol. The Morgan fingerprint density at radius 3 is 1.35 bits per heavy atom. The molecule has 0 amide bonds. The summed E-state index contributed by atoms with van der Waals surface area (Å²) in [6.07, 6.45) is 51.7. The van der Waals surface area contributed by atoms with Crippen LogP contribution in [0.25, 0.3) is 0 Å². The zero-order valence-electron chi connectivity index (χ0n) is 35.0. The molecule has 308 valence electrons. The van der Waals surface area contributed by atoms with E-state index < -0.39 is 6.10 Å². The van der Waals surface area contributed by atoms with Crippen molar-refractivity contribution in [3.8, 4) is 0 Å². The van der Waals surface area contributed by atoms with E-state index in [9.17, 15) is 14.4 Å². The molecule has 1 unspecified atom stereocenters. The number of hydrogen-bond acceptors (Lipinski definition) is 6. The summed E-state index contributed by atoms with van der Waals surface area (Å²) in [5, 5.41) is 0. The van der Waals surface area contributed by atoms with Crippen LogP contribution in [0.2, 0.25) is 0 Å². The molecule has 0 aliphatic heterocycles. The Morgan fingerprint density at radius 2 is 0.815 bits per heavy atom. The minimum absolute atomic E-state index is 0.0936. The first-order valence-electron chi connectivity index (χ1n) is 22.0. The number of carbonyl (C=O) groups excluding carboxylic acids is 3. The zero-order valence-corrected chi connectivity index (χ0v) is 35.0. The van der Waals surface area contributed by atoms with Gasteiger partial charge in [-0.2, -0.15) is 0 Å². The van der Waals surface area contributed by atoms with E-state index in [1.165, 1.54) is 51.4 Å². The summed E-state index contributed by atoms with van der Waals surface area (Å²) in [7, 11) is 0. The number of unbranched alkanes of at least 4 members (excludes halogenated alkanes) is 18. The Labute approximate surface area is 332 Å². The van der Waals surface area contributed by atoms with Gasteiger partial charge in [0.1, 0.15) is 13.2 Å². The number of carbonyl (C=O) groups is 3. The summed E-state index contributed by atoms with van der Waals surface area (Å²) in [5.74, 6) is -0.957. The second-order valence-electron chi connectivity index (χ2n) is 14.3. The molecular formula is C48H80O6. The largest absolute Gasteiger partial charge is 0.462 e. The van der Waals surface area contributed by atoms with Crippen LogP contribution in [0.1, 0.15) is 194 Å². The van der Waals surface area contributed by atoms with Gasteiger partial charge in [0.05, 0.1) is 0 Å². The van der Waals surface area contributed by atoms with E-state index in [-0.39, 0.29) is 31.1 Å². The normalized spacial score (nSPS) is 12.7. The third-order valence-corrected chi connectivity index (χ3v) is 9.05. The van der Waals surface area contributed by atoms with Crippen LogP contribution in [-0.2, 0) is 28.6 Å². The first kappa shape index (κ1) is 50.9. The Kier molecular flexibility index (Phi) is 40.1. The van der Waals surface area contributed by atoms with Gasteiger partial charge >= 0.3 is 17.9 Å². The molecule has 0 saturated heterocycles. The topological polar surface area (TPSA) is 78.9 Å². The van der Waals surface area contributed by atoms with Crippen LogP contribution in [0.3, 0.4) is 0 Å². The summed E-state index contributed by atoms with van der Waals surface area (Å²) in [4.78, 5) is 37.7. The van der Waals surface area contributed by atoms with Crippen molar-refractivity contribution < 1.29 is 28.6 Å². The van der Waals surface area contributed by atoms with Crippen LogP contribution in [-0.4, -0.2) is 37.2 Å². The molecule has 0 heterocycles. The molecule has 0 aromatic carbocycles. The molecule has 0 aliphatic rings. The van der Waals surface area contributed by atoms with Crippen LogP contribution in [0.5, 0.6) is 0 Å². The van der Waals surface area contributed by atoms with Crippen LogP contribution in [0, 0.1) is 0 Å². The first-order valence-corrected chi connectivity index (χ1v) is 22.0. The van der Waals surface area contributed by atoms with Crippen molar-refractivity contribution in [3.63, 3.8) is 0 Å². The fourth-order valence-corrected chi connectivity index (χ4v) is 5.78. The molecule has 1 atom stereocenters. The monoisotopic (exact) mass is 753 g/mol. The Morgan fingerprint density at radius 1 is 0.407 bits per heavy atom. The summed E-state index contributed by atoms with van der Waals surface area (Å²) in [6, 6.07) is 0. The lowest BCUT2D eigenvalue weighted by atomic mass is 10.1. The average Bonchev–Trinajstić information content (AvgIpc) is 3.17. The van der Waals surface area contributed by atoms with E-state index in [1.807, 2.05) is 36.5 Å². The molecule has 0 aromatic heterocycles. The number of allylic oxidation sites excluding steroid dienone is 12. The molecule has 0 aromatic rings. The third kappa shape index (κ3) is 40.0. The second kappa shape index (κ2) is 42.6. The zero-order chi connectivity index (χ0) is 39.4. The lowest BCUT2D eigenvalue weighted by Crippen LogP contribution is -2.30. The van der Waals surface area contributed by atoms with Crippen molar-refractivity contribution in [2.45, 2.75) is 200 Å². The van der Waals surface area contributed by atoms with Gasteiger partial charge in [0, 0.05) is 19.3 Å². The standard InChI is InChI=1S/C48H80O6/c1-4-7-10-13-16-19-22-24-27-29-32-35-38-41-47(50)53-44-45(43-52-46(49)40-37-34-31-28-25-21-18-15-12-9-6-3)54-48(51)42-39-36-33-30-26-23-20-17-14-11-8-5-2/h7-8,10-11,13,16-17,19-20,22,24,27,45H,4-6,9,12,14-15,18,21,23,25-26,28-44H2,1-3H3/b10-7-,11-8-,16-13-,20-17-,22-19-,27-24-. The number of hydrogen-bond donors (Lipinski definition) is 0. The van der Waals surface area contributed by atoms with Crippen molar-refractivity contribution >= 4 is 17.9 Å². The van der Waals surface area contributed by atoms with Crippen LogP contribution in [0.15, 0.2) is 72.9 Å². The highest BCUT2D eigenvalue weighted by atomic mass is 16.6.